The van der Waals surface area contributed by atoms with Crippen molar-refractivity contribution in [3.8, 4) is 0 Å². The predicted molar refractivity (Wildman–Crippen MR) is 32.6 cm³/mol. The van der Waals surface area contributed by atoms with Crippen molar-refractivity contribution in [2.75, 3.05) is 6.73 Å². The van der Waals surface area contributed by atoms with Gasteiger partial charge in [0.2, 0.25) is 0 Å². The van der Waals surface area contributed by atoms with Crippen molar-refractivity contribution in [3.63, 3.8) is 0 Å². The molecule has 1 aromatic heterocycles. The lowest BCUT2D eigenvalue weighted by Crippen LogP contribution is -2.12. The van der Waals surface area contributed by atoms with Gasteiger partial charge in [0, 0.05) is 0 Å². The molecule has 3 heteroatoms. The molecule has 1 rings (SSSR count). The van der Waals surface area contributed by atoms with Crippen LogP contribution in [0.3, 0.4) is 0 Å². The highest BCUT2D eigenvalue weighted by molar-refractivity contribution is 4.96. The van der Waals surface area contributed by atoms with Crippen LogP contribution in [0.1, 0.15) is 5.76 Å². The third kappa shape index (κ3) is 1.87. The lowest BCUT2D eigenvalue weighted by molar-refractivity contribution is 0.254. The summed E-state index contributed by atoms with van der Waals surface area (Å²) >= 11 is 0. The van der Waals surface area contributed by atoms with Gasteiger partial charge in [-0.25, -0.2) is 0 Å². The van der Waals surface area contributed by atoms with Crippen LogP contribution in [0, 0.1) is 0 Å². The number of aliphatic hydroxyl groups excluding tert-OH is 1. The summed E-state index contributed by atoms with van der Waals surface area (Å²) in [6.45, 7) is 0.574. The summed E-state index contributed by atoms with van der Waals surface area (Å²) in [7, 11) is 0. The van der Waals surface area contributed by atoms with Crippen LogP contribution in [0.15, 0.2) is 22.8 Å². The van der Waals surface area contributed by atoms with Gasteiger partial charge in [-0.3, -0.25) is 5.32 Å². The number of aliphatic hydroxyl groups is 1. The van der Waals surface area contributed by atoms with Crippen LogP contribution in [-0.2, 0) is 6.54 Å². The molecule has 0 radical (unpaired) electrons. The zero-order valence-corrected chi connectivity index (χ0v) is 5.00. The molecule has 0 saturated carbocycles. The SMILES string of the molecule is OCNCc1ccco1. The van der Waals surface area contributed by atoms with E-state index in [9.17, 15) is 0 Å². The van der Waals surface area contributed by atoms with Gasteiger partial charge in [-0.15, -0.1) is 0 Å². The van der Waals surface area contributed by atoms with Gasteiger partial charge in [0.15, 0.2) is 0 Å². The van der Waals surface area contributed by atoms with E-state index in [2.05, 4.69) is 5.32 Å². The van der Waals surface area contributed by atoms with E-state index in [0.717, 1.165) is 5.76 Å². The van der Waals surface area contributed by atoms with Crippen LogP contribution in [0.2, 0.25) is 0 Å². The largest absolute Gasteiger partial charge is 0.468 e. The van der Waals surface area contributed by atoms with Gasteiger partial charge in [-0.2, -0.15) is 0 Å². The highest BCUT2D eigenvalue weighted by Gasteiger charge is 1.90. The molecule has 0 aliphatic rings. The van der Waals surface area contributed by atoms with E-state index < -0.39 is 0 Å². The number of furan rings is 1. The molecule has 1 aromatic rings. The van der Waals surface area contributed by atoms with Crippen molar-refractivity contribution in [2.24, 2.45) is 0 Å². The molecule has 50 valence electrons. The molecule has 0 aromatic carbocycles. The predicted octanol–water partition coefficient (Wildman–Crippen LogP) is 0.319. The first-order valence-corrected chi connectivity index (χ1v) is 2.77. The maximum Gasteiger partial charge on any atom is 0.117 e. The highest BCUT2D eigenvalue weighted by Crippen LogP contribution is 1.97. The lowest BCUT2D eigenvalue weighted by atomic mass is 10.4. The van der Waals surface area contributed by atoms with E-state index in [1.807, 2.05) is 12.1 Å². The van der Waals surface area contributed by atoms with E-state index in [-0.39, 0.29) is 6.73 Å². The first-order chi connectivity index (χ1) is 4.43. The maximum absolute atomic E-state index is 8.31. The minimum atomic E-state index is -0.0132. The molecule has 0 amide bonds. The summed E-state index contributed by atoms with van der Waals surface area (Å²) < 4.78 is 4.96. The second kappa shape index (κ2) is 3.27. The Morgan fingerprint density at radius 2 is 2.56 bits per heavy atom. The Kier molecular flexibility index (Phi) is 2.30. The molecule has 3 nitrogen and oxygen atoms in total. The van der Waals surface area contributed by atoms with Gasteiger partial charge in [0.25, 0.3) is 0 Å². The average Bonchev–Trinajstić information content (AvgIpc) is 2.34. The molecule has 0 fully saturated rings. The second-order valence-corrected chi connectivity index (χ2v) is 1.66. The summed E-state index contributed by atoms with van der Waals surface area (Å²) in [5, 5.41) is 11.0. The van der Waals surface area contributed by atoms with E-state index in [1.165, 1.54) is 0 Å². The molecule has 0 bridgehead atoms. The summed E-state index contributed by atoms with van der Waals surface area (Å²) in [6, 6.07) is 3.66. The molecular weight excluding hydrogens is 118 g/mol. The molecule has 0 spiro atoms. The average molecular weight is 127 g/mol. The number of rotatable bonds is 3. The fourth-order valence-corrected chi connectivity index (χ4v) is 0.592. The van der Waals surface area contributed by atoms with Crippen LogP contribution in [0.5, 0.6) is 0 Å². The zero-order valence-electron chi connectivity index (χ0n) is 5.00. The van der Waals surface area contributed by atoms with Crippen LogP contribution in [-0.4, -0.2) is 11.8 Å². The fourth-order valence-electron chi connectivity index (χ4n) is 0.592. The van der Waals surface area contributed by atoms with Gasteiger partial charge in [-0.05, 0) is 12.1 Å². The van der Waals surface area contributed by atoms with E-state index in [4.69, 9.17) is 9.52 Å². The van der Waals surface area contributed by atoms with Crippen LogP contribution in [0.25, 0.3) is 0 Å². The van der Waals surface area contributed by atoms with Crippen LogP contribution in [0.4, 0.5) is 0 Å². The fraction of sp³-hybridized carbons (Fsp3) is 0.333. The van der Waals surface area contributed by atoms with Crippen molar-refractivity contribution in [1.29, 1.82) is 0 Å². The Hall–Kier alpha value is -0.800. The Bertz CT molecular complexity index is 148. The normalized spacial score (nSPS) is 9.89. The Morgan fingerprint density at radius 1 is 1.67 bits per heavy atom. The maximum atomic E-state index is 8.31. The van der Waals surface area contributed by atoms with Crippen LogP contribution >= 0.6 is 0 Å². The zero-order chi connectivity index (χ0) is 6.53. The molecule has 0 atom stereocenters. The van der Waals surface area contributed by atoms with Gasteiger partial charge in [0.1, 0.15) is 5.76 Å². The summed E-state index contributed by atoms with van der Waals surface area (Å²) in [4.78, 5) is 0. The molecule has 0 aliphatic heterocycles. The number of hydrogen-bond acceptors (Lipinski definition) is 3. The van der Waals surface area contributed by atoms with Gasteiger partial charge in [-0.1, -0.05) is 0 Å². The Balaban J connectivity index is 2.30. The minimum absolute atomic E-state index is 0.0132. The third-order valence-electron chi connectivity index (χ3n) is 0.991. The summed E-state index contributed by atoms with van der Waals surface area (Å²) in [5.41, 5.74) is 0. The molecule has 9 heavy (non-hydrogen) atoms. The van der Waals surface area contributed by atoms with E-state index >= 15 is 0 Å². The topological polar surface area (TPSA) is 45.4 Å². The molecule has 0 aliphatic carbocycles. The summed E-state index contributed by atoms with van der Waals surface area (Å²) in [5.74, 6) is 0.837. The van der Waals surface area contributed by atoms with Gasteiger partial charge >= 0.3 is 0 Å². The lowest BCUT2D eigenvalue weighted by Gasteiger charge is -1.93. The molecule has 0 saturated heterocycles. The molecule has 2 N–H and O–H groups in total. The number of nitrogens with one attached hydrogen (secondary N) is 1. The Morgan fingerprint density at radius 3 is 3.11 bits per heavy atom. The van der Waals surface area contributed by atoms with Crippen molar-refractivity contribution in [2.45, 2.75) is 6.54 Å². The third-order valence-corrected chi connectivity index (χ3v) is 0.991. The Labute approximate surface area is 53.3 Å². The standard InChI is InChI=1S/C6H9NO2/c8-5-7-4-6-2-1-3-9-6/h1-3,7-8H,4-5H2. The van der Waals surface area contributed by atoms with Gasteiger partial charge in [0.05, 0.1) is 19.5 Å². The monoisotopic (exact) mass is 127 g/mol. The molecule has 0 unspecified atom stereocenters. The summed E-state index contributed by atoms with van der Waals surface area (Å²) in [6.07, 6.45) is 1.61. The molecule has 1 heterocycles. The van der Waals surface area contributed by atoms with Crippen molar-refractivity contribution >= 4 is 0 Å². The van der Waals surface area contributed by atoms with Crippen LogP contribution < -0.4 is 5.32 Å². The first-order valence-electron chi connectivity index (χ1n) is 2.77. The highest BCUT2D eigenvalue weighted by atomic mass is 16.3. The van der Waals surface area contributed by atoms with Crippen molar-refractivity contribution in [3.05, 3.63) is 24.2 Å². The van der Waals surface area contributed by atoms with Crippen molar-refractivity contribution < 1.29 is 9.52 Å². The minimum Gasteiger partial charge on any atom is -0.468 e. The quantitative estimate of drug-likeness (QED) is 0.575. The van der Waals surface area contributed by atoms with Gasteiger partial charge < -0.3 is 9.52 Å². The van der Waals surface area contributed by atoms with Crippen molar-refractivity contribution in [1.82, 2.24) is 5.32 Å². The smallest absolute Gasteiger partial charge is 0.117 e. The second-order valence-electron chi connectivity index (χ2n) is 1.66. The number of hydrogen-bond donors (Lipinski definition) is 2. The molecular formula is C6H9NO2. The first kappa shape index (κ1) is 6.32. The van der Waals surface area contributed by atoms with E-state index in [0.29, 0.717) is 6.54 Å². The van der Waals surface area contributed by atoms with E-state index in [1.54, 1.807) is 6.26 Å².